The fraction of sp³-hybridized carbons (Fsp3) is 0.417. The van der Waals surface area contributed by atoms with Crippen LogP contribution in [0.5, 0.6) is 0 Å². The van der Waals surface area contributed by atoms with Crippen LogP contribution in [0.1, 0.15) is 12.5 Å². The molecule has 0 radical (unpaired) electrons. The number of rotatable bonds is 4. The number of guanidine groups is 1. The molecular weight excluding hydrogens is 252 g/mol. The SMILES string of the molecule is COCC(C)N=C(NN)Nc1cccc(Cl)c1C. The molecule has 0 spiro atoms. The van der Waals surface area contributed by atoms with Gasteiger partial charge in [0, 0.05) is 17.8 Å². The summed E-state index contributed by atoms with van der Waals surface area (Å²) in [5.41, 5.74) is 4.34. The maximum atomic E-state index is 6.04. The Kier molecular flexibility index (Phi) is 5.91. The largest absolute Gasteiger partial charge is 0.382 e. The molecule has 0 bridgehead atoms. The molecule has 0 aromatic heterocycles. The van der Waals surface area contributed by atoms with E-state index in [0.29, 0.717) is 17.6 Å². The van der Waals surface area contributed by atoms with Gasteiger partial charge in [-0.2, -0.15) is 0 Å². The van der Waals surface area contributed by atoms with Gasteiger partial charge in [-0.1, -0.05) is 17.7 Å². The van der Waals surface area contributed by atoms with Gasteiger partial charge in [-0.05, 0) is 31.5 Å². The summed E-state index contributed by atoms with van der Waals surface area (Å²) in [4.78, 5) is 4.35. The highest BCUT2D eigenvalue weighted by molar-refractivity contribution is 6.31. The Balaban J connectivity index is 2.83. The summed E-state index contributed by atoms with van der Waals surface area (Å²) in [5.74, 6) is 5.91. The predicted octanol–water partition coefficient (Wildman–Crippen LogP) is 1.91. The van der Waals surface area contributed by atoms with E-state index in [9.17, 15) is 0 Å². The van der Waals surface area contributed by atoms with E-state index in [-0.39, 0.29) is 6.04 Å². The molecule has 1 aromatic rings. The Morgan fingerprint density at radius 3 is 2.89 bits per heavy atom. The molecular formula is C12H19ClN4O. The van der Waals surface area contributed by atoms with Crippen molar-refractivity contribution in [3.63, 3.8) is 0 Å². The van der Waals surface area contributed by atoms with E-state index < -0.39 is 0 Å². The van der Waals surface area contributed by atoms with Crippen molar-refractivity contribution < 1.29 is 4.74 Å². The second-order valence-electron chi connectivity index (χ2n) is 3.96. The molecule has 0 fully saturated rings. The van der Waals surface area contributed by atoms with Gasteiger partial charge in [0.05, 0.1) is 12.6 Å². The van der Waals surface area contributed by atoms with Gasteiger partial charge in [0.15, 0.2) is 0 Å². The van der Waals surface area contributed by atoms with Crippen LogP contribution in [0.4, 0.5) is 5.69 Å². The number of hydrogen-bond donors (Lipinski definition) is 3. The smallest absolute Gasteiger partial charge is 0.210 e. The van der Waals surface area contributed by atoms with Crippen molar-refractivity contribution in [2.24, 2.45) is 10.8 Å². The Hall–Kier alpha value is -1.30. The summed E-state index contributed by atoms with van der Waals surface area (Å²) in [5, 5.41) is 3.80. The normalized spacial score (nSPS) is 13.3. The van der Waals surface area contributed by atoms with Crippen LogP contribution in [-0.4, -0.2) is 25.7 Å². The number of nitrogens with one attached hydrogen (secondary N) is 2. The van der Waals surface area contributed by atoms with Crippen molar-refractivity contribution in [1.82, 2.24) is 5.43 Å². The molecule has 18 heavy (non-hydrogen) atoms. The molecule has 0 saturated heterocycles. The van der Waals surface area contributed by atoms with Gasteiger partial charge in [-0.25, -0.2) is 10.8 Å². The van der Waals surface area contributed by atoms with E-state index in [1.54, 1.807) is 7.11 Å². The summed E-state index contributed by atoms with van der Waals surface area (Å²) in [7, 11) is 1.64. The molecule has 5 nitrogen and oxygen atoms in total. The van der Waals surface area contributed by atoms with Gasteiger partial charge >= 0.3 is 0 Å². The Labute approximate surface area is 112 Å². The van der Waals surface area contributed by atoms with Crippen LogP contribution in [0.2, 0.25) is 5.02 Å². The van der Waals surface area contributed by atoms with Crippen LogP contribution >= 0.6 is 11.6 Å². The first-order valence-electron chi connectivity index (χ1n) is 5.64. The van der Waals surface area contributed by atoms with E-state index in [2.05, 4.69) is 15.7 Å². The fourth-order valence-corrected chi connectivity index (χ4v) is 1.65. The lowest BCUT2D eigenvalue weighted by molar-refractivity contribution is 0.185. The zero-order valence-corrected chi connectivity index (χ0v) is 11.6. The maximum Gasteiger partial charge on any atom is 0.210 e. The molecule has 6 heteroatoms. The van der Waals surface area contributed by atoms with Crippen LogP contribution in [-0.2, 0) is 4.74 Å². The first-order valence-corrected chi connectivity index (χ1v) is 6.01. The van der Waals surface area contributed by atoms with E-state index >= 15 is 0 Å². The molecule has 1 unspecified atom stereocenters. The minimum atomic E-state index is 0.00744. The lowest BCUT2D eigenvalue weighted by Gasteiger charge is -2.14. The first kappa shape index (κ1) is 14.8. The Morgan fingerprint density at radius 2 is 2.28 bits per heavy atom. The number of nitrogens with two attached hydrogens (primary N) is 1. The molecule has 0 aliphatic heterocycles. The highest BCUT2D eigenvalue weighted by Crippen LogP contribution is 2.22. The second kappa shape index (κ2) is 7.20. The van der Waals surface area contributed by atoms with Crippen LogP contribution in [0, 0.1) is 6.92 Å². The molecule has 0 aliphatic carbocycles. The number of anilines is 1. The average Bonchev–Trinajstić information content (AvgIpc) is 2.34. The summed E-state index contributed by atoms with van der Waals surface area (Å²) in [6, 6.07) is 5.62. The van der Waals surface area contributed by atoms with Gasteiger partial charge in [0.25, 0.3) is 0 Å². The van der Waals surface area contributed by atoms with Crippen LogP contribution in [0.25, 0.3) is 0 Å². The van der Waals surface area contributed by atoms with Crippen molar-refractivity contribution in [3.05, 3.63) is 28.8 Å². The lowest BCUT2D eigenvalue weighted by Crippen LogP contribution is -2.37. The van der Waals surface area contributed by atoms with Crippen LogP contribution in [0.3, 0.4) is 0 Å². The second-order valence-corrected chi connectivity index (χ2v) is 4.37. The van der Waals surface area contributed by atoms with E-state index in [4.69, 9.17) is 22.2 Å². The molecule has 0 amide bonds. The number of hydrogen-bond acceptors (Lipinski definition) is 3. The van der Waals surface area contributed by atoms with Crippen LogP contribution in [0.15, 0.2) is 23.2 Å². The van der Waals surface area contributed by atoms with Crippen molar-refractivity contribution in [1.29, 1.82) is 0 Å². The number of hydrazine groups is 1. The summed E-state index contributed by atoms with van der Waals surface area (Å²) in [6.45, 7) is 4.39. The minimum Gasteiger partial charge on any atom is -0.382 e. The topological polar surface area (TPSA) is 71.7 Å². The number of benzene rings is 1. The molecule has 100 valence electrons. The molecule has 1 rings (SSSR count). The third-order valence-corrected chi connectivity index (χ3v) is 2.82. The number of halogens is 1. The molecule has 0 aliphatic rings. The summed E-state index contributed by atoms with van der Waals surface area (Å²) >= 11 is 6.04. The van der Waals surface area contributed by atoms with Crippen molar-refractivity contribution >= 4 is 23.2 Å². The van der Waals surface area contributed by atoms with Crippen molar-refractivity contribution in [2.45, 2.75) is 19.9 Å². The maximum absolute atomic E-state index is 6.04. The fourth-order valence-electron chi connectivity index (χ4n) is 1.47. The first-order chi connectivity index (χ1) is 8.58. The van der Waals surface area contributed by atoms with Gasteiger partial charge in [0.2, 0.25) is 5.96 Å². The van der Waals surface area contributed by atoms with Gasteiger partial charge in [-0.15, -0.1) is 0 Å². The quantitative estimate of drug-likeness (QED) is 0.338. The third kappa shape index (κ3) is 4.18. The Morgan fingerprint density at radius 1 is 1.56 bits per heavy atom. The zero-order chi connectivity index (χ0) is 13.5. The number of methoxy groups -OCH3 is 1. The van der Waals surface area contributed by atoms with Crippen molar-refractivity contribution in [2.75, 3.05) is 19.0 Å². The standard InChI is InChI=1S/C12H19ClN4O/c1-8(7-18-3)15-12(17-14)16-11-6-4-5-10(13)9(11)2/h4-6,8H,7,14H2,1-3H3,(H2,15,16,17). The van der Waals surface area contributed by atoms with E-state index in [1.807, 2.05) is 32.0 Å². The molecule has 1 aromatic carbocycles. The van der Waals surface area contributed by atoms with E-state index in [1.165, 1.54) is 0 Å². The highest BCUT2D eigenvalue weighted by atomic mass is 35.5. The molecule has 0 saturated carbocycles. The molecule has 4 N–H and O–H groups in total. The monoisotopic (exact) mass is 270 g/mol. The van der Waals surface area contributed by atoms with Crippen molar-refractivity contribution in [3.8, 4) is 0 Å². The minimum absolute atomic E-state index is 0.00744. The average molecular weight is 271 g/mol. The third-order valence-electron chi connectivity index (χ3n) is 2.41. The Bertz CT molecular complexity index is 423. The van der Waals surface area contributed by atoms with Crippen LogP contribution < -0.4 is 16.6 Å². The number of nitrogens with zero attached hydrogens (tertiary/aromatic N) is 1. The summed E-state index contributed by atoms with van der Waals surface area (Å²) < 4.78 is 5.02. The molecule has 0 heterocycles. The highest BCUT2D eigenvalue weighted by Gasteiger charge is 2.06. The van der Waals surface area contributed by atoms with E-state index in [0.717, 1.165) is 11.3 Å². The van der Waals surface area contributed by atoms with Gasteiger partial charge in [-0.3, -0.25) is 5.43 Å². The molecule has 1 atom stereocenters. The number of aliphatic imine (C=N–C) groups is 1. The summed E-state index contributed by atoms with van der Waals surface area (Å²) in [6.07, 6.45) is 0. The number of ether oxygens (including phenoxy) is 1. The van der Waals surface area contributed by atoms with Gasteiger partial charge < -0.3 is 10.1 Å². The predicted molar refractivity (Wildman–Crippen MR) is 75.9 cm³/mol. The van der Waals surface area contributed by atoms with Gasteiger partial charge in [0.1, 0.15) is 0 Å². The lowest BCUT2D eigenvalue weighted by atomic mass is 10.2. The zero-order valence-electron chi connectivity index (χ0n) is 10.8.